The molecule has 0 radical (unpaired) electrons. The third-order valence-electron chi connectivity index (χ3n) is 5.05. The van der Waals surface area contributed by atoms with Gasteiger partial charge in [0.05, 0.1) is 12.0 Å². The van der Waals surface area contributed by atoms with Crippen molar-refractivity contribution < 1.29 is 4.79 Å². The molecule has 152 valence electrons. The molecule has 0 unspecified atom stereocenters. The van der Waals surface area contributed by atoms with Crippen molar-refractivity contribution in [2.75, 3.05) is 0 Å². The molecule has 1 N–H and O–H groups in total. The number of benzene rings is 2. The number of amides is 1. The molecule has 0 bridgehead atoms. The van der Waals surface area contributed by atoms with Gasteiger partial charge in [-0.2, -0.15) is 5.10 Å². The van der Waals surface area contributed by atoms with E-state index in [0.29, 0.717) is 5.71 Å². The molecule has 0 aliphatic carbocycles. The lowest BCUT2D eigenvalue weighted by Gasteiger charge is -2.07. The summed E-state index contributed by atoms with van der Waals surface area (Å²) in [5, 5.41) is 6.39. The molecule has 0 aliphatic rings. The maximum absolute atomic E-state index is 12.5. The van der Waals surface area contributed by atoms with Crippen LogP contribution in [0.2, 0.25) is 0 Å². The second-order valence-corrected chi connectivity index (χ2v) is 7.04. The smallest absolute Gasteiger partial charge is 0.315 e. The van der Waals surface area contributed by atoms with Crippen molar-refractivity contribution >= 4 is 33.6 Å². The molecule has 2 heterocycles. The third-order valence-corrected chi connectivity index (χ3v) is 5.05. The molecular weight excluding hydrogens is 384 g/mol. The second kappa shape index (κ2) is 7.43. The van der Waals surface area contributed by atoms with Gasteiger partial charge in [0.1, 0.15) is 6.54 Å². The summed E-state index contributed by atoms with van der Waals surface area (Å²) < 4.78 is 3.67. The Morgan fingerprint density at radius 1 is 1.07 bits per heavy atom. The zero-order valence-corrected chi connectivity index (χ0v) is 16.8. The van der Waals surface area contributed by atoms with Gasteiger partial charge in [-0.3, -0.25) is 18.7 Å². The van der Waals surface area contributed by atoms with Crippen LogP contribution in [-0.4, -0.2) is 30.3 Å². The predicted molar refractivity (Wildman–Crippen MR) is 115 cm³/mol. The van der Waals surface area contributed by atoms with E-state index in [2.05, 4.69) is 15.5 Å². The normalized spacial score (nSPS) is 11.9. The van der Waals surface area contributed by atoms with Crippen molar-refractivity contribution in [2.24, 2.45) is 19.2 Å². The fourth-order valence-corrected chi connectivity index (χ4v) is 3.33. The van der Waals surface area contributed by atoms with Crippen molar-refractivity contribution in [3.63, 3.8) is 0 Å². The van der Waals surface area contributed by atoms with Crippen molar-refractivity contribution in [2.45, 2.75) is 13.5 Å². The van der Waals surface area contributed by atoms with Crippen molar-refractivity contribution in [1.82, 2.24) is 24.1 Å². The van der Waals surface area contributed by atoms with Crippen LogP contribution in [0.25, 0.3) is 21.9 Å². The monoisotopic (exact) mass is 404 g/mol. The van der Waals surface area contributed by atoms with Crippen LogP contribution in [0.1, 0.15) is 12.5 Å². The van der Waals surface area contributed by atoms with Crippen molar-refractivity contribution in [3.8, 4) is 0 Å². The summed E-state index contributed by atoms with van der Waals surface area (Å²) in [6.07, 6.45) is 1.37. The Hall–Kier alpha value is -4.01. The Kier molecular flexibility index (Phi) is 4.78. The number of hydrazone groups is 1. The van der Waals surface area contributed by atoms with Crippen LogP contribution >= 0.6 is 0 Å². The summed E-state index contributed by atoms with van der Waals surface area (Å²) in [5.74, 6) is -0.412. The molecular formula is C21H20N6O3. The molecule has 0 spiro atoms. The van der Waals surface area contributed by atoms with Gasteiger partial charge in [0.15, 0.2) is 11.2 Å². The first-order valence-corrected chi connectivity index (χ1v) is 9.30. The highest BCUT2D eigenvalue weighted by atomic mass is 16.2. The highest BCUT2D eigenvalue weighted by Crippen LogP contribution is 2.16. The Labute approximate surface area is 170 Å². The van der Waals surface area contributed by atoms with E-state index in [9.17, 15) is 14.4 Å². The van der Waals surface area contributed by atoms with Crippen LogP contribution in [-0.2, 0) is 25.4 Å². The topological polar surface area (TPSA) is 103 Å². The Morgan fingerprint density at radius 3 is 2.57 bits per heavy atom. The standard InChI is InChI=1S/C21H20N6O3/c1-13(15-9-8-14-6-4-5-7-16(14)10-15)23-24-17(28)11-27-12-22-19-18(27)20(29)26(3)21(30)25(19)2/h4-10,12H,11H2,1-3H3,(H,24,28)/b23-13+. The molecule has 30 heavy (non-hydrogen) atoms. The van der Waals surface area contributed by atoms with E-state index >= 15 is 0 Å². The first-order valence-electron chi connectivity index (χ1n) is 9.30. The van der Waals surface area contributed by atoms with Gasteiger partial charge < -0.3 is 4.57 Å². The van der Waals surface area contributed by atoms with Gasteiger partial charge in [0, 0.05) is 14.1 Å². The number of carbonyl (C=O) groups excluding carboxylic acids is 1. The molecule has 0 saturated heterocycles. The molecule has 9 heteroatoms. The van der Waals surface area contributed by atoms with Crippen LogP contribution < -0.4 is 16.7 Å². The van der Waals surface area contributed by atoms with E-state index in [1.165, 1.54) is 29.6 Å². The maximum Gasteiger partial charge on any atom is 0.332 e. The predicted octanol–water partition coefficient (Wildman–Crippen LogP) is 1.13. The molecule has 1 amide bonds. The van der Waals surface area contributed by atoms with Gasteiger partial charge in [-0.1, -0.05) is 36.4 Å². The van der Waals surface area contributed by atoms with E-state index in [4.69, 9.17) is 0 Å². The molecule has 4 aromatic rings. The molecule has 2 aromatic carbocycles. The van der Waals surface area contributed by atoms with Gasteiger partial charge in [-0.05, 0) is 29.3 Å². The average molecular weight is 404 g/mol. The van der Waals surface area contributed by atoms with Gasteiger partial charge in [0.25, 0.3) is 11.5 Å². The van der Waals surface area contributed by atoms with E-state index in [-0.39, 0.29) is 17.7 Å². The van der Waals surface area contributed by atoms with Crippen LogP contribution in [0.4, 0.5) is 0 Å². The highest BCUT2D eigenvalue weighted by Gasteiger charge is 2.15. The number of nitrogens with one attached hydrogen (secondary N) is 1. The quantitative estimate of drug-likeness (QED) is 0.407. The van der Waals surface area contributed by atoms with Gasteiger partial charge in [0.2, 0.25) is 0 Å². The minimum absolute atomic E-state index is 0.154. The Bertz CT molecular complexity index is 1440. The Morgan fingerprint density at radius 2 is 1.80 bits per heavy atom. The molecule has 0 atom stereocenters. The summed E-state index contributed by atoms with van der Waals surface area (Å²) in [7, 11) is 2.91. The fraction of sp³-hybridized carbons (Fsp3) is 0.190. The first kappa shape index (κ1) is 19.3. The Balaban J connectivity index is 1.56. The fourth-order valence-electron chi connectivity index (χ4n) is 3.33. The number of imidazole rings is 1. The van der Waals surface area contributed by atoms with Gasteiger partial charge in [-0.25, -0.2) is 15.2 Å². The van der Waals surface area contributed by atoms with E-state index < -0.39 is 17.2 Å². The number of hydrogen-bond acceptors (Lipinski definition) is 5. The first-order chi connectivity index (χ1) is 14.4. The average Bonchev–Trinajstić information content (AvgIpc) is 3.17. The zero-order chi connectivity index (χ0) is 21.4. The number of hydrogen-bond donors (Lipinski definition) is 1. The summed E-state index contributed by atoms with van der Waals surface area (Å²) in [4.78, 5) is 41.0. The summed E-state index contributed by atoms with van der Waals surface area (Å²) in [6, 6.07) is 14.0. The molecule has 9 nitrogen and oxygen atoms in total. The van der Waals surface area contributed by atoms with E-state index in [1.54, 1.807) is 0 Å². The number of rotatable bonds is 4. The van der Waals surface area contributed by atoms with Gasteiger partial charge in [-0.15, -0.1) is 0 Å². The number of fused-ring (bicyclic) bond motifs is 2. The summed E-state index contributed by atoms with van der Waals surface area (Å²) in [5.41, 5.74) is 3.50. The summed E-state index contributed by atoms with van der Waals surface area (Å²) >= 11 is 0. The molecule has 2 aromatic heterocycles. The lowest BCUT2D eigenvalue weighted by molar-refractivity contribution is -0.121. The van der Waals surface area contributed by atoms with Gasteiger partial charge >= 0.3 is 5.69 Å². The number of carbonyl (C=O) groups is 1. The largest absolute Gasteiger partial charge is 0.332 e. The van der Waals surface area contributed by atoms with Crippen LogP contribution in [0.5, 0.6) is 0 Å². The lowest BCUT2D eigenvalue weighted by atomic mass is 10.0. The van der Waals surface area contributed by atoms with Crippen LogP contribution in [0, 0.1) is 0 Å². The van der Waals surface area contributed by atoms with Crippen molar-refractivity contribution in [1.29, 1.82) is 0 Å². The van der Waals surface area contributed by atoms with Crippen LogP contribution in [0.15, 0.2) is 63.5 Å². The number of aromatic nitrogens is 4. The SMILES string of the molecule is C/C(=N\NC(=O)Cn1cnc2c1c(=O)n(C)c(=O)n2C)c1ccc2ccccc2c1. The second-order valence-electron chi connectivity index (χ2n) is 7.04. The minimum atomic E-state index is -0.505. The number of aryl methyl sites for hydroxylation is 1. The molecule has 4 rings (SSSR count). The number of nitrogens with zero attached hydrogens (tertiary/aromatic N) is 5. The molecule has 0 aliphatic heterocycles. The minimum Gasteiger partial charge on any atom is -0.315 e. The van der Waals surface area contributed by atoms with Crippen LogP contribution in [0.3, 0.4) is 0 Å². The molecule has 0 saturated carbocycles. The third kappa shape index (κ3) is 3.30. The van der Waals surface area contributed by atoms with Crippen molar-refractivity contribution in [3.05, 3.63) is 75.2 Å². The maximum atomic E-state index is 12.5. The summed E-state index contributed by atoms with van der Waals surface area (Å²) in [6.45, 7) is 1.65. The van der Waals surface area contributed by atoms with E-state index in [0.717, 1.165) is 20.9 Å². The zero-order valence-electron chi connectivity index (χ0n) is 16.8. The van der Waals surface area contributed by atoms with E-state index in [1.807, 2.05) is 49.4 Å². The highest BCUT2D eigenvalue weighted by molar-refractivity contribution is 6.02. The lowest BCUT2D eigenvalue weighted by Crippen LogP contribution is -2.38. The molecule has 0 fully saturated rings.